The lowest BCUT2D eigenvalue weighted by atomic mass is 9.84. The Bertz CT molecular complexity index is 480. The number of unbranched alkanes of at least 4 members (excludes halogenated alkanes) is 7. The van der Waals surface area contributed by atoms with E-state index in [-0.39, 0.29) is 5.97 Å². The normalized spacial score (nSPS) is 16.5. The van der Waals surface area contributed by atoms with Crippen LogP contribution in [0.5, 0.6) is 0 Å². The number of esters is 1. The van der Waals surface area contributed by atoms with Crippen molar-refractivity contribution in [1.82, 2.24) is 5.32 Å². The number of ether oxygens (including phenoxy) is 1. The Morgan fingerprint density at radius 3 is 2.20 bits per heavy atom. The number of rotatable bonds is 11. The van der Waals surface area contributed by atoms with E-state index in [1.165, 1.54) is 38.5 Å². The van der Waals surface area contributed by atoms with Crippen LogP contribution in [-0.2, 0) is 15.1 Å². The lowest BCUT2D eigenvalue weighted by Gasteiger charge is -2.37. The van der Waals surface area contributed by atoms with Gasteiger partial charge in [-0.05, 0) is 25.1 Å². The average Bonchev–Trinajstić information content (AvgIpc) is 2.65. The number of piperidine rings is 1. The standard InChI is InChI=1S/C22H35NO2/c1-2-3-4-5-6-7-8-12-15-21(24)25-22(16-18-23-19-17-22)20-13-10-9-11-14-20/h9-11,13-14,23H,2-8,12,15-19H2,1H3. The Labute approximate surface area is 153 Å². The van der Waals surface area contributed by atoms with Crippen molar-refractivity contribution in [1.29, 1.82) is 0 Å². The molecule has 0 aromatic heterocycles. The minimum atomic E-state index is -0.427. The molecule has 1 heterocycles. The van der Waals surface area contributed by atoms with Crippen LogP contribution in [0.15, 0.2) is 30.3 Å². The molecule has 0 amide bonds. The molecule has 25 heavy (non-hydrogen) atoms. The molecular formula is C22H35NO2. The number of carbonyl (C=O) groups excluding carboxylic acids is 1. The lowest BCUT2D eigenvalue weighted by molar-refractivity contribution is -0.164. The number of hydrogen-bond acceptors (Lipinski definition) is 3. The molecule has 0 atom stereocenters. The van der Waals surface area contributed by atoms with Gasteiger partial charge in [0, 0.05) is 19.3 Å². The molecule has 0 radical (unpaired) electrons. The van der Waals surface area contributed by atoms with Gasteiger partial charge in [-0.3, -0.25) is 4.79 Å². The van der Waals surface area contributed by atoms with Crippen LogP contribution in [0.1, 0.15) is 83.1 Å². The van der Waals surface area contributed by atoms with Crippen LogP contribution in [-0.4, -0.2) is 19.1 Å². The van der Waals surface area contributed by atoms with Crippen molar-refractivity contribution in [2.45, 2.75) is 83.2 Å². The highest BCUT2D eigenvalue weighted by Gasteiger charge is 2.37. The van der Waals surface area contributed by atoms with E-state index in [1.807, 2.05) is 18.2 Å². The average molecular weight is 346 g/mol. The highest BCUT2D eigenvalue weighted by molar-refractivity contribution is 5.70. The maximum absolute atomic E-state index is 12.4. The van der Waals surface area contributed by atoms with E-state index in [2.05, 4.69) is 24.4 Å². The van der Waals surface area contributed by atoms with E-state index in [0.29, 0.717) is 6.42 Å². The van der Waals surface area contributed by atoms with Gasteiger partial charge in [-0.15, -0.1) is 0 Å². The van der Waals surface area contributed by atoms with Crippen molar-refractivity contribution in [2.24, 2.45) is 0 Å². The molecule has 1 N–H and O–H groups in total. The number of hydrogen-bond donors (Lipinski definition) is 1. The first-order valence-electron chi connectivity index (χ1n) is 10.2. The van der Waals surface area contributed by atoms with Crippen LogP contribution in [0, 0.1) is 0 Å². The zero-order valence-electron chi connectivity index (χ0n) is 15.9. The predicted molar refractivity (Wildman–Crippen MR) is 104 cm³/mol. The van der Waals surface area contributed by atoms with Gasteiger partial charge in [0.1, 0.15) is 5.60 Å². The fourth-order valence-corrected chi connectivity index (χ4v) is 3.69. The summed E-state index contributed by atoms with van der Waals surface area (Å²) in [5, 5.41) is 3.37. The van der Waals surface area contributed by atoms with E-state index in [4.69, 9.17) is 4.74 Å². The Kier molecular flexibility index (Phi) is 9.03. The van der Waals surface area contributed by atoms with E-state index in [9.17, 15) is 4.79 Å². The minimum absolute atomic E-state index is 0.0308. The van der Waals surface area contributed by atoms with Crippen molar-refractivity contribution < 1.29 is 9.53 Å². The van der Waals surface area contributed by atoms with E-state index >= 15 is 0 Å². The first kappa shape index (κ1) is 20.0. The maximum Gasteiger partial charge on any atom is 0.306 e. The number of carbonyl (C=O) groups is 1. The minimum Gasteiger partial charge on any atom is -0.454 e. The van der Waals surface area contributed by atoms with Crippen LogP contribution >= 0.6 is 0 Å². The third kappa shape index (κ3) is 6.81. The topological polar surface area (TPSA) is 38.3 Å². The van der Waals surface area contributed by atoms with Crippen molar-refractivity contribution >= 4 is 5.97 Å². The van der Waals surface area contributed by atoms with Crippen LogP contribution in [0.2, 0.25) is 0 Å². The molecule has 0 spiro atoms. The number of nitrogens with one attached hydrogen (secondary N) is 1. The third-order valence-corrected chi connectivity index (χ3v) is 5.25. The van der Waals surface area contributed by atoms with Gasteiger partial charge in [0.25, 0.3) is 0 Å². The molecule has 1 aromatic rings. The van der Waals surface area contributed by atoms with Crippen LogP contribution in [0.4, 0.5) is 0 Å². The van der Waals surface area contributed by atoms with Gasteiger partial charge in [0.15, 0.2) is 0 Å². The first-order chi connectivity index (χ1) is 12.3. The summed E-state index contributed by atoms with van der Waals surface area (Å²) in [6.45, 7) is 4.05. The first-order valence-corrected chi connectivity index (χ1v) is 10.2. The molecule has 1 aromatic carbocycles. The molecule has 1 saturated heterocycles. The Hall–Kier alpha value is -1.35. The van der Waals surface area contributed by atoms with Gasteiger partial charge in [0.2, 0.25) is 0 Å². The number of benzene rings is 1. The van der Waals surface area contributed by atoms with Gasteiger partial charge < -0.3 is 10.1 Å². The van der Waals surface area contributed by atoms with Crippen molar-refractivity contribution in [3.05, 3.63) is 35.9 Å². The fourth-order valence-electron chi connectivity index (χ4n) is 3.69. The molecular weight excluding hydrogens is 310 g/mol. The monoisotopic (exact) mass is 345 g/mol. The van der Waals surface area contributed by atoms with Crippen LogP contribution in [0.3, 0.4) is 0 Å². The molecule has 1 aliphatic heterocycles. The molecule has 1 fully saturated rings. The van der Waals surface area contributed by atoms with Crippen molar-refractivity contribution in [3.63, 3.8) is 0 Å². The van der Waals surface area contributed by atoms with E-state index in [0.717, 1.165) is 44.3 Å². The molecule has 3 heteroatoms. The summed E-state index contributed by atoms with van der Waals surface area (Å²) in [6, 6.07) is 10.3. The fraction of sp³-hybridized carbons (Fsp3) is 0.682. The molecule has 0 unspecified atom stereocenters. The second-order valence-corrected chi connectivity index (χ2v) is 7.31. The largest absolute Gasteiger partial charge is 0.454 e. The highest BCUT2D eigenvalue weighted by Crippen LogP contribution is 2.35. The summed E-state index contributed by atoms with van der Waals surface area (Å²) in [7, 11) is 0. The van der Waals surface area contributed by atoms with Gasteiger partial charge in [-0.25, -0.2) is 0 Å². The van der Waals surface area contributed by atoms with Gasteiger partial charge in [-0.1, -0.05) is 82.2 Å². The summed E-state index contributed by atoms with van der Waals surface area (Å²) in [4.78, 5) is 12.4. The van der Waals surface area contributed by atoms with Crippen LogP contribution < -0.4 is 5.32 Å². The van der Waals surface area contributed by atoms with Gasteiger partial charge in [-0.2, -0.15) is 0 Å². The molecule has 3 nitrogen and oxygen atoms in total. The van der Waals surface area contributed by atoms with Crippen molar-refractivity contribution in [2.75, 3.05) is 13.1 Å². The zero-order valence-corrected chi connectivity index (χ0v) is 15.9. The highest BCUT2D eigenvalue weighted by atomic mass is 16.6. The summed E-state index contributed by atoms with van der Waals surface area (Å²) < 4.78 is 6.05. The molecule has 140 valence electrons. The third-order valence-electron chi connectivity index (χ3n) is 5.25. The second kappa shape index (κ2) is 11.3. The maximum atomic E-state index is 12.4. The Balaban J connectivity index is 1.73. The van der Waals surface area contributed by atoms with Crippen LogP contribution in [0.25, 0.3) is 0 Å². The quantitative estimate of drug-likeness (QED) is 0.434. The van der Waals surface area contributed by atoms with E-state index in [1.54, 1.807) is 0 Å². The Morgan fingerprint density at radius 1 is 0.960 bits per heavy atom. The predicted octanol–water partition coefficient (Wildman–Crippen LogP) is 5.34. The molecule has 1 aliphatic rings. The second-order valence-electron chi connectivity index (χ2n) is 7.31. The zero-order chi connectivity index (χ0) is 17.8. The lowest BCUT2D eigenvalue weighted by Crippen LogP contribution is -2.43. The summed E-state index contributed by atoms with van der Waals surface area (Å²) >= 11 is 0. The van der Waals surface area contributed by atoms with Gasteiger partial charge >= 0.3 is 5.97 Å². The Morgan fingerprint density at radius 2 is 1.56 bits per heavy atom. The molecule has 0 aliphatic carbocycles. The van der Waals surface area contributed by atoms with Crippen molar-refractivity contribution in [3.8, 4) is 0 Å². The molecule has 2 rings (SSSR count). The SMILES string of the molecule is CCCCCCCCCCC(=O)OC1(c2ccccc2)CCNCC1. The summed E-state index contributed by atoms with van der Waals surface area (Å²) in [5.41, 5.74) is 0.713. The molecule has 0 saturated carbocycles. The van der Waals surface area contributed by atoms with Gasteiger partial charge in [0.05, 0.1) is 0 Å². The van der Waals surface area contributed by atoms with E-state index < -0.39 is 5.60 Å². The molecule has 0 bridgehead atoms. The summed E-state index contributed by atoms with van der Waals surface area (Å²) in [5.74, 6) is -0.0308. The smallest absolute Gasteiger partial charge is 0.306 e. The summed E-state index contributed by atoms with van der Waals surface area (Å²) in [6.07, 6.45) is 12.2.